The molecule has 0 radical (unpaired) electrons. The molecule has 2 heteroatoms. The van der Waals surface area contributed by atoms with Crippen molar-refractivity contribution in [2.24, 2.45) is 0 Å². The zero-order valence-corrected chi connectivity index (χ0v) is 12.9. The molecule has 1 aromatic carbocycles. The minimum absolute atomic E-state index is 0.845. The molecule has 108 valence electrons. The van der Waals surface area contributed by atoms with Gasteiger partial charge >= 0.3 is 0 Å². The first-order valence-corrected chi connectivity index (χ1v) is 7.75. The van der Waals surface area contributed by atoms with Crippen LogP contribution in [0.1, 0.15) is 50.2 Å². The summed E-state index contributed by atoms with van der Waals surface area (Å²) in [5.74, 6) is 1.02. The zero-order valence-electron chi connectivity index (χ0n) is 12.9. The predicted molar refractivity (Wildman–Crippen MR) is 81.8 cm³/mol. The van der Waals surface area contributed by atoms with Crippen molar-refractivity contribution in [1.29, 1.82) is 0 Å². The third-order valence-electron chi connectivity index (χ3n) is 3.28. The maximum atomic E-state index is 5.80. The van der Waals surface area contributed by atoms with Gasteiger partial charge in [0, 0.05) is 0 Å². The second-order valence-electron chi connectivity index (χ2n) is 5.45. The molecule has 0 aromatic heterocycles. The molecule has 1 rings (SSSR count). The predicted octanol–water partition coefficient (Wildman–Crippen LogP) is 3.22. The molecule has 0 aliphatic heterocycles. The largest absolute Gasteiger partial charge is 0.494 e. The van der Waals surface area contributed by atoms with Crippen LogP contribution in [0.5, 0.6) is 5.75 Å². The molecule has 0 bridgehead atoms. The Kier molecular flexibility index (Phi) is 8.31. The van der Waals surface area contributed by atoms with Gasteiger partial charge in [0.2, 0.25) is 0 Å². The van der Waals surface area contributed by atoms with E-state index in [2.05, 4.69) is 44.3 Å². The van der Waals surface area contributed by atoms with Gasteiger partial charge in [-0.25, -0.2) is 0 Å². The van der Waals surface area contributed by atoms with Crippen molar-refractivity contribution in [2.75, 3.05) is 19.7 Å². The van der Waals surface area contributed by atoms with Crippen LogP contribution in [0.25, 0.3) is 0 Å². The van der Waals surface area contributed by atoms with E-state index in [9.17, 15) is 0 Å². The first-order chi connectivity index (χ1) is 9.22. The van der Waals surface area contributed by atoms with Gasteiger partial charge in [-0.2, -0.15) is 0 Å². The van der Waals surface area contributed by atoms with Crippen LogP contribution in [-0.4, -0.2) is 19.7 Å². The summed E-state index contributed by atoms with van der Waals surface area (Å²) in [6.45, 7) is 9.88. The summed E-state index contributed by atoms with van der Waals surface area (Å²) in [6, 6.07) is 6.41. The quantitative estimate of drug-likeness (QED) is 0.645. The van der Waals surface area contributed by atoms with Crippen LogP contribution in [0.3, 0.4) is 0 Å². The molecule has 0 atom stereocenters. The molecule has 2 nitrogen and oxygen atoms in total. The van der Waals surface area contributed by atoms with Crippen LogP contribution in [0, 0.1) is 13.8 Å². The van der Waals surface area contributed by atoms with E-state index in [1.165, 1.54) is 49.9 Å². The highest BCUT2D eigenvalue weighted by atomic mass is 16.5. The van der Waals surface area contributed by atoms with Gasteiger partial charge in [-0.1, -0.05) is 19.4 Å². The highest BCUT2D eigenvalue weighted by Crippen LogP contribution is 2.16. The average Bonchev–Trinajstić information content (AvgIpc) is 2.36. The maximum absolute atomic E-state index is 5.80. The number of ether oxygens (including phenoxy) is 1. The summed E-state index contributed by atoms with van der Waals surface area (Å²) in [5, 5.41) is 2.44. The standard InChI is InChI=1S/C17H29NO/c1-4-5-9-18-10-7-6-8-11-19-17-13-15(2)12-16(3)14-17/h12-14,18H,4-11H2,1-3H3/p+1. The van der Waals surface area contributed by atoms with Crippen molar-refractivity contribution < 1.29 is 10.1 Å². The summed E-state index contributed by atoms with van der Waals surface area (Å²) >= 11 is 0. The van der Waals surface area contributed by atoms with Gasteiger partial charge in [0.25, 0.3) is 0 Å². The van der Waals surface area contributed by atoms with Crippen molar-refractivity contribution in [1.82, 2.24) is 0 Å². The van der Waals surface area contributed by atoms with Crippen molar-refractivity contribution in [3.8, 4) is 5.75 Å². The molecule has 0 saturated heterocycles. The van der Waals surface area contributed by atoms with Crippen LogP contribution >= 0.6 is 0 Å². The third-order valence-corrected chi connectivity index (χ3v) is 3.28. The first kappa shape index (κ1) is 16.0. The van der Waals surface area contributed by atoms with E-state index in [1.54, 1.807) is 0 Å². The number of quaternary nitrogens is 1. The number of nitrogens with two attached hydrogens (primary N) is 1. The van der Waals surface area contributed by atoms with Crippen molar-refractivity contribution in [2.45, 2.75) is 52.9 Å². The average molecular weight is 264 g/mol. The highest BCUT2D eigenvalue weighted by Gasteiger charge is 1.97. The van der Waals surface area contributed by atoms with Crippen LogP contribution < -0.4 is 10.1 Å². The van der Waals surface area contributed by atoms with Crippen molar-refractivity contribution in [3.63, 3.8) is 0 Å². The van der Waals surface area contributed by atoms with Gasteiger partial charge in [-0.3, -0.25) is 0 Å². The molecule has 0 aliphatic carbocycles. The van der Waals surface area contributed by atoms with Gasteiger partial charge in [-0.15, -0.1) is 0 Å². The maximum Gasteiger partial charge on any atom is 0.119 e. The number of benzene rings is 1. The van der Waals surface area contributed by atoms with E-state index in [-0.39, 0.29) is 0 Å². The molecule has 0 amide bonds. The summed E-state index contributed by atoms with van der Waals surface area (Å²) in [4.78, 5) is 0. The molecule has 2 N–H and O–H groups in total. The fourth-order valence-corrected chi connectivity index (χ4v) is 2.27. The molecule has 0 unspecified atom stereocenters. The lowest BCUT2D eigenvalue weighted by atomic mass is 10.1. The van der Waals surface area contributed by atoms with Gasteiger partial charge in [0.05, 0.1) is 19.7 Å². The SMILES string of the molecule is CCCC[NH2+]CCCCCOc1cc(C)cc(C)c1. The monoisotopic (exact) mass is 264 g/mol. The van der Waals surface area contributed by atoms with Crippen LogP contribution in [0.4, 0.5) is 0 Å². The molecule has 0 spiro atoms. The molecule has 1 aromatic rings. The molecule has 0 aliphatic rings. The minimum atomic E-state index is 0.845. The molecule has 0 heterocycles. The summed E-state index contributed by atoms with van der Waals surface area (Å²) in [6.07, 6.45) is 6.39. The number of rotatable bonds is 10. The van der Waals surface area contributed by atoms with Gasteiger partial charge in [0.15, 0.2) is 0 Å². The Balaban J connectivity index is 2.01. The number of hydrogen-bond acceptors (Lipinski definition) is 1. The number of unbranched alkanes of at least 4 members (excludes halogenated alkanes) is 3. The van der Waals surface area contributed by atoms with Crippen LogP contribution in [0.2, 0.25) is 0 Å². The Labute approximate surface area is 118 Å². The molecular weight excluding hydrogens is 234 g/mol. The summed E-state index contributed by atoms with van der Waals surface area (Å²) < 4.78 is 5.80. The minimum Gasteiger partial charge on any atom is -0.494 e. The van der Waals surface area contributed by atoms with E-state index in [4.69, 9.17) is 4.74 Å². The Hall–Kier alpha value is -1.02. The van der Waals surface area contributed by atoms with Gasteiger partial charge in [0.1, 0.15) is 5.75 Å². The van der Waals surface area contributed by atoms with E-state index in [0.29, 0.717) is 0 Å². The molecule has 19 heavy (non-hydrogen) atoms. The Bertz CT molecular complexity index is 329. The lowest BCUT2D eigenvalue weighted by Crippen LogP contribution is -2.84. The lowest BCUT2D eigenvalue weighted by molar-refractivity contribution is -0.655. The summed E-state index contributed by atoms with van der Waals surface area (Å²) in [7, 11) is 0. The van der Waals surface area contributed by atoms with Gasteiger partial charge < -0.3 is 10.1 Å². The Morgan fingerprint density at radius 3 is 2.26 bits per heavy atom. The van der Waals surface area contributed by atoms with Crippen molar-refractivity contribution in [3.05, 3.63) is 29.3 Å². The van der Waals surface area contributed by atoms with E-state index < -0.39 is 0 Å². The highest BCUT2D eigenvalue weighted by molar-refractivity contribution is 5.32. The van der Waals surface area contributed by atoms with Crippen molar-refractivity contribution >= 4 is 0 Å². The third kappa shape index (κ3) is 7.89. The van der Waals surface area contributed by atoms with Gasteiger partial charge in [-0.05, 0) is 62.8 Å². The normalized spacial score (nSPS) is 10.7. The molecule has 0 saturated carbocycles. The summed E-state index contributed by atoms with van der Waals surface area (Å²) in [5.41, 5.74) is 2.56. The van der Waals surface area contributed by atoms with Crippen LogP contribution in [-0.2, 0) is 0 Å². The Morgan fingerprint density at radius 2 is 1.58 bits per heavy atom. The fraction of sp³-hybridized carbons (Fsp3) is 0.647. The molecular formula is C17H30NO+. The van der Waals surface area contributed by atoms with E-state index >= 15 is 0 Å². The lowest BCUT2D eigenvalue weighted by Gasteiger charge is -2.08. The number of hydrogen-bond donors (Lipinski definition) is 1. The first-order valence-electron chi connectivity index (χ1n) is 7.75. The fourth-order valence-electron chi connectivity index (χ4n) is 2.27. The molecule has 0 fully saturated rings. The smallest absolute Gasteiger partial charge is 0.119 e. The number of aryl methyl sites for hydroxylation is 2. The topological polar surface area (TPSA) is 25.8 Å². The second-order valence-corrected chi connectivity index (χ2v) is 5.45. The van der Waals surface area contributed by atoms with Crippen LogP contribution in [0.15, 0.2) is 18.2 Å². The van der Waals surface area contributed by atoms with E-state index in [1.807, 2.05) is 0 Å². The second kappa shape index (κ2) is 9.85. The zero-order chi connectivity index (χ0) is 13.9. The van der Waals surface area contributed by atoms with E-state index in [0.717, 1.165) is 18.8 Å². The Morgan fingerprint density at radius 1 is 0.895 bits per heavy atom.